The average Bonchev–Trinajstić information content (AvgIpc) is 2.60. The first-order valence-corrected chi connectivity index (χ1v) is 7.85. The third-order valence-electron chi connectivity index (χ3n) is 3.87. The first kappa shape index (κ1) is 17.8. The molecule has 0 unspecified atom stereocenters. The average molecular weight is 362 g/mol. The molecule has 1 heterocycles. The van der Waals surface area contributed by atoms with Crippen LogP contribution in [0.25, 0.3) is 10.9 Å². The van der Waals surface area contributed by atoms with E-state index in [9.17, 15) is 22.4 Å². The molecule has 0 radical (unpaired) electrons. The second kappa shape index (κ2) is 7.11. The van der Waals surface area contributed by atoms with Crippen molar-refractivity contribution < 1.29 is 22.4 Å². The Balaban J connectivity index is 1.67. The van der Waals surface area contributed by atoms with Crippen LogP contribution in [0.15, 0.2) is 54.6 Å². The number of pyridine rings is 1. The van der Waals surface area contributed by atoms with Gasteiger partial charge in [-0.2, -0.15) is 13.2 Å². The van der Waals surface area contributed by atoms with Gasteiger partial charge in [-0.15, -0.1) is 0 Å². The zero-order valence-electron chi connectivity index (χ0n) is 13.5. The van der Waals surface area contributed by atoms with Gasteiger partial charge in [0.2, 0.25) is 0 Å². The molecule has 0 aliphatic heterocycles. The van der Waals surface area contributed by atoms with Crippen molar-refractivity contribution in [2.75, 3.05) is 6.54 Å². The highest BCUT2D eigenvalue weighted by atomic mass is 19.4. The number of para-hydroxylation sites is 1. The molecule has 3 rings (SSSR count). The molecule has 3 nitrogen and oxygen atoms in total. The van der Waals surface area contributed by atoms with Gasteiger partial charge >= 0.3 is 6.18 Å². The first-order chi connectivity index (χ1) is 12.4. The van der Waals surface area contributed by atoms with E-state index in [-0.39, 0.29) is 6.54 Å². The molecule has 0 saturated carbocycles. The SMILES string of the molecule is O=C(NCCc1ccc2ccccc2n1)c1cccc(C(F)(F)F)c1F. The number of aromatic nitrogens is 1. The van der Waals surface area contributed by atoms with Crippen molar-refractivity contribution in [2.45, 2.75) is 12.6 Å². The lowest BCUT2D eigenvalue weighted by Gasteiger charge is -2.11. The van der Waals surface area contributed by atoms with Crippen LogP contribution in [0.5, 0.6) is 0 Å². The van der Waals surface area contributed by atoms with Gasteiger partial charge in [0.05, 0.1) is 16.6 Å². The van der Waals surface area contributed by atoms with Crippen molar-refractivity contribution in [2.24, 2.45) is 0 Å². The topological polar surface area (TPSA) is 42.0 Å². The maximum Gasteiger partial charge on any atom is 0.419 e. The Bertz CT molecular complexity index is 954. The monoisotopic (exact) mass is 362 g/mol. The summed E-state index contributed by atoms with van der Waals surface area (Å²) in [6.07, 6.45) is -4.48. The standard InChI is InChI=1S/C19H14F4N2O/c20-17-14(5-3-6-15(17)19(21,22)23)18(26)24-11-10-13-9-8-12-4-1-2-7-16(12)25-13/h1-9H,10-11H2,(H,24,26). The smallest absolute Gasteiger partial charge is 0.352 e. The summed E-state index contributed by atoms with van der Waals surface area (Å²) in [7, 11) is 0. The second-order valence-electron chi connectivity index (χ2n) is 5.67. The molecule has 0 spiro atoms. The van der Waals surface area contributed by atoms with Crippen molar-refractivity contribution in [3.8, 4) is 0 Å². The van der Waals surface area contributed by atoms with E-state index in [0.29, 0.717) is 18.2 Å². The lowest BCUT2D eigenvalue weighted by atomic mass is 10.1. The number of carbonyl (C=O) groups is 1. The Morgan fingerprint density at radius 1 is 1.00 bits per heavy atom. The summed E-state index contributed by atoms with van der Waals surface area (Å²) < 4.78 is 52.1. The molecule has 0 atom stereocenters. The lowest BCUT2D eigenvalue weighted by Crippen LogP contribution is -2.27. The number of nitrogens with one attached hydrogen (secondary N) is 1. The number of hydrogen-bond acceptors (Lipinski definition) is 2. The zero-order chi connectivity index (χ0) is 18.7. The Morgan fingerprint density at radius 2 is 1.77 bits per heavy atom. The van der Waals surface area contributed by atoms with E-state index in [0.717, 1.165) is 23.0 Å². The molecule has 134 valence electrons. The Kier molecular flexibility index (Phi) is 4.88. The van der Waals surface area contributed by atoms with E-state index < -0.39 is 29.0 Å². The molecule has 0 aliphatic carbocycles. The van der Waals surface area contributed by atoms with Gasteiger partial charge in [0.1, 0.15) is 5.82 Å². The van der Waals surface area contributed by atoms with E-state index >= 15 is 0 Å². The third kappa shape index (κ3) is 3.82. The molecule has 26 heavy (non-hydrogen) atoms. The van der Waals surface area contributed by atoms with Gasteiger partial charge in [0.25, 0.3) is 5.91 Å². The van der Waals surface area contributed by atoms with Crippen LogP contribution in [0.3, 0.4) is 0 Å². The number of benzene rings is 2. The summed E-state index contributed by atoms with van der Waals surface area (Å²) in [5, 5.41) is 3.41. The normalized spacial score (nSPS) is 11.5. The largest absolute Gasteiger partial charge is 0.419 e. The van der Waals surface area contributed by atoms with Crippen molar-refractivity contribution in [3.63, 3.8) is 0 Å². The van der Waals surface area contributed by atoms with Crippen molar-refractivity contribution in [3.05, 3.63) is 77.2 Å². The van der Waals surface area contributed by atoms with Gasteiger partial charge in [0.15, 0.2) is 0 Å². The molecule has 0 aliphatic rings. The van der Waals surface area contributed by atoms with Crippen molar-refractivity contribution >= 4 is 16.8 Å². The number of fused-ring (bicyclic) bond motifs is 1. The van der Waals surface area contributed by atoms with E-state index in [1.54, 1.807) is 6.07 Å². The molecule has 1 amide bonds. The van der Waals surface area contributed by atoms with Crippen LogP contribution in [0.1, 0.15) is 21.6 Å². The van der Waals surface area contributed by atoms with Gasteiger partial charge in [-0.3, -0.25) is 9.78 Å². The minimum absolute atomic E-state index is 0.125. The number of alkyl halides is 3. The highest BCUT2D eigenvalue weighted by Crippen LogP contribution is 2.32. The number of halogens is 4. The summed E-state index contributed by atoms with van der Waals surface area (Å²) >= 11 is 0. The lowest BCUT2D eigenvalue weighted by molar-refractivity contribution is -0.140. The van der Waals surface area contributed by atoms with Crippen LogP contribution in [0.4, 0.5) is 17.6 Å². The fourth-order valence-electron chi connectivity index (χ4n) is 2.57. The van der Waals surface area contributed by atoms with Crippen LogP contribution in [0, 0.1) is 5.82 Å². The minimum Gasteiger partial charge on any atom is -0.352 e. The number of amides is 1. The first-order valence-electron chi connectivity index (χ1n) is 7.85. The van der Waals surface area contributed by atoms with Crippen LogP contribution < -0.4 is 5.32 Å². The quantitative estimate of drug-likeness (QED) is 0.701. The molecule has 0 bridgehead atoms. The summed E-state index contributed by atoms with van der Waals surface area (Å²) in [5.74, 6) is -2.46. The van der Waals surface area contributed by atoms with Crippen LogP contribution in [-0.4, -0.2) is 17.4 Å². The zero-order valence-corrected chi connectivity index (χ0v) is 13.5. The number of rotatable bonds is 4. The van der Waals surface area contributed by atoms with Gasteiger partial charge in [0, 0.05) is 24.0 Å². The van der Waals surface area contributed by atoms with Crippen molar-refractivity contribution in [1.82, 2.24) is 10.3 Å². The maximum absolute atomic E-state index is 14.0. The number of hydrogen-bond donors (Lipinski definition) is 1. The Morgan fingerprint density at radius 3 is 2.54 bits per heavy atom. The summed E-state index contributed by atoms with van der Waals surface area (Å²) in [4.78, 5) is 16.4. The van der Waals surface area contributed by atoms with Gasteiger partial charge in [-0.1, -0.05) is 30.3 Å². The fourth-order valence-corrected chi connectivity index (χ4v) is 2.57. The molecule has 0 saturated heterocycles. The summed E-state index contributed by atoms with van der Waals surface area (Å²) in [5.41, 5.74) is -0.568. The van der Waals surface area contributed by atoms with Crippen LogP contribution in [0.2, 0.25) is 0 Å². The van der Waals surface area contributed by atoms with Gasteiger partial charge in [-0.05, 0) is 24.3 Å². The molecule has 3 aromatic rings. The Hall–Kier alpha value is -2.96. The van der Waals surface area contributed by atoms with Crippen LogP contribution >= 0.6 is 0 Å². The minimum atomic E-state index is -4.85. The molecule has 7 heteroatoms. The van der Waals surface area contributed by atoms with E-state index in [1.807, 2.05) is 30.3 Å². The molecular weight excluding hydrogens is 348 g/mol. The Labute approximate surface area is 146 Å². The maximum atomic E-state index is 14.0. The summed E-state index contributed by atoms with van der Waals surface area (Å²) in [6, 6.07) is 13.9. The number of nitrogens with zero attached hydrogens (tertiary/aromatic N) is 1. The van der Waals surface area contributed by atoms with E-state index in [1.165, 1.54) is 0 Å². The number of carbonyl (C=O) groups excluding carboxylic acids is 1. The molecule has 1 aromatic heterocycles. The molecule has 2 aromatic carbocycles. The predicted octanol–water partition coefficient (Wildman–Crippen LogP) is 4.37. The molecular formula is C19H14F4N2O. The third-order valence-corrected chi connectivity index (χ3v) is 3.87. The fraction of sp³-hybridized carbons (Fsp3) is 0.158. The highest BCUT2D eigenvalue weighted by Gasteiger charge is 2.35. The van der Waals surface area contributed by atoms with Gasteiger partial charge in [-0.25, -0.2) is 4.39 Å². The molecule has 0 fully saturated rings. The van der Waals surface area contributed by atoms with E-state index in [2.05, 4.69) is 10.3 Å². The van der Waals surface area contributed by atoms with Gasteiger partial charge < -0.3 is 5.32 Å². The molecule has 1 N–H and O–H groups in total. The second-order valence-corrected chi connectivity index (χ2v) is 5.67. The highest BCUT2D eigenvalue weighted by molar-refractivity contribution is 5.94. The van der Waals surface area contributed by atoms with Crippen molar-refractivity contribution in [1.29, 1.82) is 0 Å². The predicted molar refractivity (Wildman–Crippen MR) is 89.2 cm³/mol. The van der Waals surface area contributed by atoms with E-state index in [4.69, 9.17) is 0 Å². The summed E-state index contributed by atoms with van der Waals surface area (Å²) in [6.45, 7) is 0.125. The van der Waals surface area contributed by atoms with Crippen LogP contribution in [-0.2, 0) is 12.6 Å².